The van der Waals surface area contributed by atoms with E-state index in [1.54, 1.807) is 37.0 Å². The smallest absolute Gasteiger partial charge is 0.274 e. The average Bonchev–Trinajstić information content (AvgIpc) is 3.46. The number of aromatic nitrogens is 5. The Kier molecular flexibility index (Phi) is 6.22. The number of hydrogen-bond donors (Lipinski definition) is 2. The molecule has 0 radical (unpaired) electrons. The zero-order chi connectivity index (χ0) is 22.5. The number of nitrogens with zero attached hydrogens (tertiary/aromatic N) is 5. The summed E-state index contributed by atoms with van der Waals surface area (Å²) in [4.78, 5) is 31.6. The number of H-pyrrole nitrogens is 1. The van der Waals surface area contributed by atoms with Gasteiger partial charge in [-0.05, 0) is 12.5 Å². The number of carbonyl (C=O) groups is 2. The molecule has 0 bridgehead atoms. The second-order valence-corrected chi connectivity index (χ2v) is 7.21. The van der Waals surface area contributed by atoms with Crippen LogP contribution in [0.25, 0.3) is 17.0 Å². The van der Waals surface area contributed by atoms with E-state index in [1.165, 1.54) is 11.1 Å². The highest BCUT2D eigenvalue weighted by Crippen LogP contribution is 2.18. The average molecular weight is 433 g/mol. The fraction of sp³-hybridized carbons (Fsp3) is 0.227. The van der Waals surface area contributed by atoms with E-state index < -0.39 is 5.91 Å². The highest BCUT2D eigenvalue weighted by atomic mass is 16.5. The van der Waals surface area contributed by atoms with E-state index >= 15 is 0 Å². The minimum Gasteiger partial charge on any atom is -0.385 e. The number of fused-ring (bicyclic) bond motifs is 1. The Morgan fingerprint density at radius 3 is 2.81 bits per heavy atom. The summed E-state index contributed by atoms with van der Waals surface area (Å²) in [6, 6.07) is 13.1. The van der Waals surface area contributed by atoms with Crippen LogP contribution in [0.5, 0.6) is 0 Å². The van der Waals surface area contributed by atoms with Gasteiger partial charge in [0.15, 0.2) is 11.5 Å². The topological polar surface area (TPSA) is 118 Å². The Morgan fingerprint density at radius 2 is 2.03 bits per heavy atom. The summed E-state index contributed by atoms with van der Waals surface area (Å²) in [5.41, 5.74) is 2.31. The summed E-state index contributed by atoms with van der Waals surface area (Å²) in [6.45, 7) is 1.06. The largest absolute Gasteiger partial charge is 0.385 e. The molecule has 0 aliphatic carbocycles. The molecule has 10 nitrogen and oxygen atoms in total. The SMILES string of the molecule is COCCCN(C)C(=O)c1cn[nH]c1C(=O)Nc1ccn2nc(-c3ccccc3)nc2c1. The Balaban J connectivity index is 1.50. The summed E-state index contributed by atoms with van der Waals surface area (Å²) in [7, 11) is 3.29. The van der Waals surface area contributed by atoms with Gasteiger partial charge in [0.2, 0.25) is 0 Å². The first-order valence-electron chi connectivity index (χ1n) is 10.1. The maximum Gasteiger partial charge on any atom is 0.274 e. The summed E-state index contributed by atoms with van der Waals surface area (Å²) in [5.74, 6) is -0.171. The minimum absolute atomic E-state index is 0.0971. The van der Waals surface area contributed by atoms with Gasteiger partial charge >= 0.3 is 0 Å². The van der Waals surface area contributed by atoms with Crippen LogP contribution in [0.2, 0.25) is 0 Å². The van der Waals surface area contributed by atoms with Crippen molar-refractivity contribution < 1.29 is 14.3 Å². The van der Waals surface area contributed by atoms with Gasteiger partial charge in [-0.3, -0.25) is 14.7 Å². The molecule has 164 valence electrons. The number of amides is 2. The van der Waals surface area contributed by atoms with E-state index in [9.17, 15) is 9.59 Å². The number of nitrogens with one attached hydrogen (secondary N) is 2. The lowest BCUT2D eigenvalue weighted by Gasteiger charge is -2.16. The van der Waals surface area contributed by atoms with Gasteiger partial charge in [0.05, 0.1) is 11.8 Å². The Hall–Kier alpha value is -4.05. The van der Waals surface area contributed by atoms with Crippen molar-refractivity contribution in [3.63, 3.8) is 0 Å². The van der Waals surface area contributed by atoms with Crippen molar-refractivity contribution in [2.45, 2.75) is 6.42 Å². The first-order chi connectivity index (χ1) is 15.6. The molecule has 0 fully saturated rings. The standard InChI is InChI=1S/C22H23N7O3/c1-28(10-6-12-32-2)22(31)17-14-23-26-19(17)21(30)24-16-9-11-29-18(13-16)25-20(27-29)15-7-4-3-5-8-15/h3-5,7-9,11,13-14H,6,10,12H2,1-2H3,(H,23,26)(H,24,30). The number of hydrogen-bond acceptors (Lipinski definition) is 6. The fourth-order valence-electron chi connectivity index (χ4n) is 3.24. The molecule has 3 heterocycles. The molecule has 2 N–H and O–H groups in total. The minimum atomic E-state index is -0.469. The van der Waals surface area contributed by atoms with Crippen LogP contribution < -0.4 is 5.32 Å². The van der Waals surface area contributed by atoms with Crippen molar-refractivity contribution >= 4 is 23.1 Å². The van der Waals surface area contributed by atoms with Gasteiger partial charge in [-0.1, -0.05) is 30.3 Å². The molecule has 0 unspecified atom stereocenters. The third-order valence-corrected chi connectivity index (χ3v) is 4.91. The zero-order valence-electron chi connectivity index (χ0n) is 17.8. The van der Waals surface area contributed by atoms with Crippen LogP contribution in [0.1, 0.15) is 27.3 Å². The molecule has 4 aromatic rings. The summed E-state index contributed by atoms with van der Waals surface area (Å²) < 4.78 is 6.65. The van der Waals surface area contributed by atoms with Crippen LogP contribution in [-0.4, -0.2) is 68.8 Å². The van der Waals surface area contributed by atoms with E-state index in [4.69, 9.17) is 4.74 Å². The molecule has 3 aromatic heterocycles. The third-order valence-electron chi connectivity index (χ3n) is 4.91. The lowest BCUT2D eigenvalue weighted by Crippen LogP contribution is -2.30. The van der Waals surface area contributed by atoms with Crippen LogP contribution in [0.4, 0.5) is 5.69 Å². The molecule has 0 aliphatic heterocycles. The van der Waals surface area contributed by atoms with E-state index in [0.29, 0.717) is 36.7 Å². The second kappa shape index (κ2) is 9.40. The van der Waals surface area contributed by atoms with Gasteiger partial charge in [-0.15, -0.1) is 5.10 Å². The van der Waals surface area contributed by atoms with Crippen molar-refractivity contribution in [3.8, 4) is 11.4 Å². The van der Waals surface area contributed by atoms with Crippen LogP contribution in [-0.2, 0) is 4.74 Å². The number of aromatic amines is 1. The monoisotopic (exact) mass is 433 g/mol. The van der Waals surface area contributed by atoms with Gasteiger partial charge in [0.1, 0.15) is 5.69 Å². The third kappa shape index (κ3) is 4.49. The molecule has 0 saturated heterocycles. The Morgan fingerprint density at radius 1 is 1.22 bits per heavy atom. The molecule has 0 spiro atoms. The predicted molar refractivity (Wildman–Crippen MR) is 118 cm³/mol. The molecular weight excluding hydrogens is 410 g/mol. The molecule has 4 rings (SSSR count). The van der Waals surface area contributed by atoms with Gasteiger partial charge in [0.25, 0.3) is 11.8 Å². The maximum absolute atomic E-state index is 12.8. The molecule has 0 aliphatic rings. The molecule has 10 heteroatoms. The van der Waals surface area contributed by atoms with Crippen molar-refractivity contribution in [3.05, 3.63) is 66.1 Å². The molecule has 2 amide bonds. The zero-order valence-corrected chi connectivity index (χ0v) is 17.8. The normalized spacial score (nSPS) is 10.9. The summed E-state index contributed by atoms with van der Waals surface area (Å²) in [5, 5.41) is 13.8. The van der Waals surface area contributed by atoms with E-state index in [2.05, 4.69) is 25.6 Å². The van der Waals surface area contributed by atoms with Gasteiger partial charge in [-0.25, -0.2) is 9.50 Å². The highest BCUT2D eigenvalue weighted by molar-refractivity contribution is 6.10. The van der Waals surface area contributed by atoms with Crippen LogP contribution in [0, 0.1) is 0 Å². The van der Waals surface area contributed by atoms with Crippen LogP contribution >= 0.6 is 0 Å². The second-order valence-electron chi connectivity index (χ2n) is 7.21. The number of carbonyl (C=O) groups excluding carboxylic acids is 2. The predicted octanol–water partition coefficient (Wildman–Crippen LogP) is 2.48. The molecule has 32 heavy (non-hydrogen) atoms. The van der Waals surface area contributed by atoms with Crippen molar-refractivity contribution in [2.75, 3.05) is 32.6 Å². The first kappa shape index (κ1) is 21.2. The van der Waals surface area contributed by atoms with E-state index in [-0.39, 0.29) is 17.2 Å². The first-order valence-corrected chi connectivity index (χ1v) is 10.1. The van der Waals surface area contributed by atoms with Gasteiger partial charge in [0, 0.05) is 50.8 Å². The Bertz CT molecular complexity index is 1230. The summed E-state index contributed by atoms with van der Waals surface area (Å²) in [6.07, 6.45) is 3.77. The van der Waals surface area contributed by atoms with Crippen molar-refractivity contribution in [1.29, 1.82) is 0 Å². The van der Waals surface area contributed by atoms with Crippen LogP contribution in [0.3, 0.4) is 0 Å². The van der Waals surface area contributed by atoms with Crippen LogP contribution in [0.15, 0.2) is 54.9 Å². The van der Waals surface area contributed by atoms with Crippen molar-refractivity contribution in [2.24, 2.45) is 0 Å². The number of ether oxygens (including phenoxy) is 1. The highest BCUT2D eigenvalue weighted by Gasteiger charge is 2.22. The van der Waals surface area contributed by atoms with Gasteiger partial charge in [-0.2, -0.15) is 5.10 Å². The number of rotatable bonds is 8. The lowest BCUT2D eigenvalue weighted by molar-refractivity contribution is 0.0774. The lowest BCUT2D eigenvalue weighted by atomic mass is 10.2. The number of pyridine rings is 1. The summed E-state index contributed by atoms with van der Waals surface area (Å²) >= 11 is 0. The van der Waals surface area contributed by atoms with Gasteiger partial charge < -0.3 is 15.0 Å². The molecular formula is C22H23N7O3. The molecule has 0 atom stereocenters. The maximum atomic E-state index is 12.8. The number of benzene rings is 1. The fourth-order valence-corrected chi connectivity index (χ4v) is 3.24. The van der Waals surface area contributed by atoms with E-state index in [0.717, 1.165) is 5.56 Å². The van der Waals surface area contributed by atoms with E-state index in [1.807, 2.05) is 30.3 Å². The number of anilines is 1. The molecule has 1 aromatic carbocycles. The number of methoxy groups -OCH3 is 1. The quantitative estimate of drug-likeness (QED) is 0.412. The Labute approximate surface area is 184 Å². The molecule has 0 saturated carbocycles. The van der Waals surface area contributed by atoms with Crippen molar-refractivity contribution in [1.82, 2.24) is 29.7 Å².